The largest absolute Gasteiger partial charge is 0.207 e. The van der Waals surface area contributed by atoms with Crippen molar-refractivity contribution in [2.24, 2.45) is 5.92 Å². The van der Waals surface area contributed by atoms with E-state index in [-0.39, 0.29) is 11.7 Å². The van der Waals surface area contributed by atoms with Crippen LogP contribution in [0.2, 0.25) is 0 Å². The first-order chi connectivity index (χ1) is 6.57. The summed E-state index contributed by atoms with van der Waals surface area (Å²) in [7, 11) is 0. The van der Waals surface area contributed by atoms with Crippen molar-refractivity contribution in [1.29, 1.82) is 5.26 Å². The minimum absolute atomic E-state index is 0.0749. The van der Waals surface area contributed by atoms with Crippen molar-refractivity contribution < 1.29 is 4.39 Å². The van der Waals surface area contributed by atoms with Gasteiger partial charge >= 0.3 is 0 Å². The van der Waals surface area contributed by atoms with Crippen molar-refractivity contribution in [2.75, 3.05) is 0 Å². The molecule has 0 aromatic heterocycles. The molecule has 14 heavy (non-hydrogen) atoms. The number of hydrogen-bond acceptors (Lipinski definition) is 1. The van der Waals surface area contributed by atoms with E-state index >= 15 is 0 Å². The zero-order chi connectivity index (χ0) is 10.7. The molecule has 1 nitrogen and oxygen atoms in total. The van der Waals surface area contributed by atoms with Gasteiger partial charge in [0.2, 0.25) is 0 Å². The maximum absolute atomic E-state index is 13.5. The molecule has 0 N–H and O–H groups in total. The van der Waals surface area contributed by atoms with E-state index in [2.05, 4.69) is 0 Å². The minimum Gasteiger partial charge on any atom is -0.207 e. The number of benzene rings is 1. The van der Waals surface area contributed by atoms with E-state index in [0.717, 1.165) is 0 Å². The predicted octanol–water partition coefficient (Wildman–Crippen LogP) is 3.46. The first-order valence-electron chi connectivity index (χ1n) is 4.76. The molecule has 0 heterocycles. The highest BCUT2D eigenvalue weighted by Gasteiger charge is 2.17. The highest BCUT2D eigenvalue weighted by Crippen LogP contribution is 2.28. The first-order valence-corrected chi connectivity index (χ1v) is 4.76. The zero-order valence-corrected chi connectivity index (χ0v) is 8.71. The molecule has 1 unspecified atom stereocenters. The first kappa shape index (κ1) is 10.7. The van der Waals surface area contributed by atoms with Gasteiger partial charge in [-0.15, -0.1) is 0 Å². The quantitative estimate of drug-likeness (QED) is 0.702. The van der Waals surface area contributed by atoms with E-state index in [1.165, 1.54) is 6.07 Å². The molecule has 1 aromatic carbocycles. The molecule has 0 radical (unpaired) electrons. The average molecular weight is 191 g/mol. The molecule has 0 saturated heterocycles. The van der Waals surface area contributed by atoms with Crippen LogP contribution in [-0.4, -0.2) is 0 Å². The Morgan fingerprint density at radius 2 is 1.93 bits per heavy atom. The monoisotopic (exact) mass is 191 g/mol. The molecule has 1 atom stereocenters. The summed E-state index contributed by atoms with van der Waals surface area (Å²) >= 11 is 0. The molecular weight excluding hydrogens is 177 g/mol. The van der Waals surface area contributed by atoms with Crippen LogP contribution in [-0.2, 0) is 0 Å². The Labute approximate surface area is 84.2 Å². The Morgan fingerprint density at radius 3 is 2.43 bits per heavy atom. The van der Waals surface area contributed by atoms with E-state index in [4.69, 9.17) is 5.26 Å². The standard InChI is InChI=1S/C12H14FN/c1-8(2)9(3)12-10(7-14)5-4-6-11(12)13/h4-6,8-9H,1-3H3. The lowest BCUT2D eigenvalue weighted by molar-refractivity contribution is 0.500. The van der Waals surface area contributed by atoms with Crippen molar-refractivity contribution in [3.63, 3.8) is 0 Å². The third-order valence-corrected chi connectivity index (χ3v) is 2.63. The summed E-state index contributed by atoms with van der Waals surface area (Å²) in [6.45, 7) is 6.00. The second-order valence-corrected chi connectivity index (χ2v) is 3.85. The van der Waals surface area contributed by atoms with E-state index in [0.29, 0.717) is 17.0 Å². The fraction of sp³-hybridized carbons (Fsp3) is 0.417. The Kier molecular flexibility index (Phi) is 3.24. The molecule has 0 aliphatic rings. The number of rotatable bonds is 2. The highest BCUT2D eigenvalue weighted by atomic mass is 19.1. The van der Waals surface area contributed by atoms with Crippen LogP contribution in [0.25, 0.3) is 0 Å². The van der Waals surface area contributed by atoms with Crippen LogP contribution in [0.5, 0.6) is 0 Å². The maximum Gasteiger partial charge on any atom is 0.127 e. The van der Waals surface area contributed by atoms with Gasteiger partial charge in [0.25, 0.3) is 0 Å². The molecule has 0 aliphatic carbocycles. The van der Waals surface area contributed by atoms with Crippen molar-refractivity contribution in [1.82, 2.24) is 0 Å². The Bertz CT molecular complexity index is 363. The fourth-order valence-corrected chi connectivity index (χ4v) is 1.43. The molecule has 0 bridgehead atoms. The summed E-state index contributed by atoms with van der Waals surface area (Å²) in [6, 6.07) is 6.68. The second kappa shape index (κ2) is 4.23. The molecular formula is C12H14FN. The molecule has 0 spiro atoms. The van der Waals surface area contributed by atoms with Crippen LogP contribution >= 0.6 is 0 Å². The van der Waals surface area contributed by atoms with E-state index in [1.807, 2.05) is 26.8 Å². The summed E-state index contributed by atoms with van der Waals surface area (Å²) in [5.74, 6) is 0.134. The van der Waals surface area contributed by atoms with Crippen LogP contribution in [0.4, 0.5) is 4.39 Å². The third kappa shape index (κ3) is 1.93. The van der Waals surface area contributed by atoms with Crippen molar-refractivity contribution >= 4 is 0 Å². The van der Waals surface area contributed by atoms with Crippen LogP contribution < -0.4 is 0 Å². The molecule has 1 aromatic rings. The Hall–Kier alpha value is -1.36. The number of nitriles is 1. The van der Waals surface area contributed by atoms with Crippen LogP contribution in [0, 0.1) is 23.1 Å². The lowest BCUT2D eigenvalue weighted by Crippen LogP contribution is -2.07. The van der Waals surface area contributed by atoms with Crippen LogP contribution in [0.3, 0.4) is 0 Å². The molecule has 1 rings (SSSR count). The fourth-order valence-electron chi connectivity index (χ4n) is 1.43. The molecule has 74 valence electrons. The zero-order valence-electron chi connectivity index (χ0n) is 8.71. The van der Waals surface area contributed by atoms with Gasteiger partial charge in [-0.25, -0.2) is 4.39 Å². The molecule has 2 heteroatoms. The van der Waals surface area contributed by atoms with Gasteiger partial charge in [-0.2, -0.15) is 5.26 Å². The normalized spacial score (nSPS) is 12.6. The molecule has 0 fully saturated rings. The van der Waals surface area contributed by atoms with Gasteiger partial charge in [0.1, 0.15) is 5.82 Å². The maximum atomic E-state index is 13.5. The van der Waals surface area contributed by atoms with Gasteiger partial charge in [-0.1, -0.05) is 26.8 Å². The SMILES string of the molecule is CC(C)C(C)c1c(F)cccc1C#N. The third-order valence-electron chi connectivity index (χ3n) is 2.63. The highest BCUT2D eigenvalue weighted by molar-refractivity contribution is 5.40. The van der Waals surface area contributed by atoms with Crippen molar-refractivity contribution in [3.05, 3.63) is 35.1 Å². The summed E-state index contributed by atoms with van der Waals surface area (Å²) in [5.41, 5.74) is 0.996. The van der Waals surface area contributed by atoms with Gasteiger partial charge in [0.15, 0.2) is 0 Å². The lowest BCUT2D eigenvalue weighted by atomic mass is 9.87. The Morgan fingerprint density at radius 1 is 1.29 bits per heavy atom. The van der Waals surface area contributed by atoms with E-state index < -0.39 is 0 Å². The van der Waals surface area contributed by atoms with Crippen molar-refractivity contribution in [2.45, 2.75) is 26.7 Å². The smallest absolute Gasteiger partial charge is 0.127 e. The van der Waals surface area contributed by atoms with Gasteiger partial charge in [-0.3, -0.25) is 0 Å². The lowest BCUT2D eigenvalue weighted by Gasteiger charge is -2.17. The summed E-state index contributed by atoms with van der Waals surface area (Å²) in [6.07, 6.45) is 0. The summed E-state index contributed by atoms with van der Waals surface area (Å²) < 4.78 is 13.5. The van der Waals surface area contributed by atoms with Gasteiger partial charge in [-0.05, 0) is 24.0 Å². The summed E-state index contributed by atoms with van der Waals surface area (Å²) in [5, 5.41) is 8.86. The molecule has 0 saturated carbocycles. The van der Waals surface area contributed by atoms with Gasteiger partial charge < -0.3 is 0 Å². The van der Waals surface area contributed by atoms with Gasteiger partial charge in [0, 0.05) is 5.56 Å². The molecule has 0 amide bonds. The van der Waals surface area contributed by atoms with Crippen molar-refractivity contribution in [3.8, 4) is 6.07 Å². The Balaban J connectivity index is 3.25. The topological polar surface area (TPSA) is 23.8 Å². The second-order valence-electron chi connectivity index (χ2n) is 3.85. The van der Waals surface area contributed by atoms with E-state index in [1.54, 1.807) is 12.1 Å². The predicted molar refractivity (Wildman–Crippen MR) is 54.4 cm³/mol. The minimum atomic E-state index is -0.273. The molecule has 0 aliphatic heterocycles. The number of hydrogen-bond donors (Lipinski definition) is 0. The average Bonchev–Trinajstić information content (AvgIpc) is 2.16. The van der Waals surface area contributed by atoms with E-state index in [9.17, 15) is 4.39 Å². The number of nitrogens with zero attached hydrogens (tertiary/aromatic N) is 1. The summed E-state index contributed by atoms with van der Waals surface area (Å²) in [4.78, 5) is 0. The number of halogens is 1. The van der Waals surface area contributed by atoms with Crippen LogP contribution in [0.15, 0.2) is 18.2 Å². The van der Waals surface area contributed by atoms with Crippen LogP contribution in [0.1, 0.15) is 37.8 Å². The van der Waals surface area contributed by atoms with Gasteiger partial charge in [0.05, 0.1) is 11.6 Å².